The molecule has 1 saturated heterocycles. The van der Waals surface area contributed by atoms with Gasteiger partial charge in [-0.05, 0) is 51.3 Å². The summed E-state index contributed by atoms with van der Waals surface area (Å²) in [6, 6.07) is 6.42. The molecule has 1 atom stereocenters. The van der Waals surface area contributed by atoms with Gasteiger partial charge in [0.05, 0.1) is 0 Å². The number of piperidine rings is 1. The average molecular weight is 318 g/mol. The molecule has 1 fully saturated rings. The minimum atomic E-state index is -0.320. The second kappa shape index (κ2) is 7.73. The largest absolute Gasteiger partial charge is 0.351 e. The predicted molar refractivity (Wildman–Crippen MR) is 92.5 cm³/mol. The van der Waals surface area contributed by atoms with Crippen molar-refractivity contribution in [1.82, 2.24) is 10.2 Å². The van der Waals surface area contributed by atoms with E-state index < -0.39 is 0 Å². The predicted octanol–water partition coefficient (Wildman–Crippen LogP) is 3.47. The molecule has 23 heavy (non-hydrogen) atoms. The summed E-state index contributed by atoms with van der Waals surface area (Å²) in [5.41, 5.74) is 0.350. The van der Waals surface area contributed by atoms with Crippen molar-refractivity contribution in [1.29, 1.82) is 0 Å². The molecule has 0 radical (unpaired) electrons. The first-order valence-corrected chi connectivity index (χ1v) is 8.34. The highest BCUT2D eigenvalue weighted by Crippen LogP contribution is 2.23. The Hall–Kier alpha value is -1.68. The number of carbonyl (C=O) groups is 1. The van der Waals surface area contributed by atoms with E-state index in [9.17, 15) is 9.18 Å². The number of halogens is 1. The molecule has 0 spiro atoms. The van der Waals surface area contributed by atoms with Gasteiger partial charge in [-0.3, -0.25) is 9.69 Å². The molecule has 1 amide bonds. The van der Waals surface area contributed by atoms with Crippen LogP contribution in [0.5, 0.6) is 0 Å². The van der Waals surface area contributed by atoms with Crippen molar-refractivity contribution in [3.63, 3.8) is 0 Å². The van der Waals surface area contributed by atoms with Crippen LogP contribution in [-0.2, 0) is 4.79 Å². The van der Waals surface area contributed by atoms with Crippen molar-refractivity contribution in [3.8, 4) is 0 Å². The summed E-state index contributed by atoms with van der Waals surface area (Å²) in [6.07, 6.45) is 5.41. The van der Waals surface area contributed by atoms with Crippen molar-refractivity contribution in [2.24, 2.45) is 5.92 Å². The number of carbonyl (C=O) groups excluding carboxylic acids is 1. The molecule has 3 nitrogen and oxygen atoms in total. The maximum atomic E-state index is 13.5. The van der Waals surface area contributed by atoms with Crippen molar-refractivity contribution in [3.05, 3.63) is 41.7 Å². The van der Waals surface area contributed by atoms with E-state index in [1.165, 1.54) is 31.1 Å². The average Bonchev–Trinajstić information content (AvgIpc) is 2.52. The number of nitrogens with one attached hydrogen (secondary N) is 1. The van der Waals surface area contributed by atoms with E-state index in [0.717, 1.165) is 13.1 Å². The van der Waals surface area contributed by atoms with Gasteiger partial charge in [-0.25, -0.2) is 4.39 Å². The highest BCUT2D eigenvalue weighted by atomic mass is 19.1. The molecule has 1 aliphatic rings. The van der Waals surface area contributed by atoms with Crippen LogP contribution in [0.2, 0.25) is 0 Å². The summed E-state index contributed by atoms with van der Waals surface area (Å²) in [4.78, 5) is 14.4. The molecule has 126 valence electrons. The fourth-order valence-electron chi connectivity index (χ4n) is 2.99. The molecule has 1 heterocycles. The Morgan fingerprint density at radius 3 is 2.87 bits per heavy atom. The van der Waals surface area contributed by atoms with Crippen LogP contribution in [0, 0.1) is 11.7 Å². The number of likely N-dealkylation sites (tertiary alicyclic amines) is 1. The molecular formula is C19H27FN2O. The Morgan fingerprint density at radius 2 is 2.17 bits per heavy atom. The van der Waals surface area contributed by atoms with Crippen LogP contribution in [-0.4, -0.2) is 36.0 Å². The molecule has 1 N–H and O–H groups in total. The van der Waals surface area contributed by atoms with E-state index >= 15 is 0 Å². The van der Waals surface area contributed by atoms with Crippen molar-refractivity contribution >= 4 is 12.0 Å². The smallest absolute Gasteiger partial charge is 0.244 e. The first kappa shape index (κ1) is 17.7. The summed E-state index contributed by atoms with van der Waals surface area (Å²) < 4.78 is 13.5. The molecule has 4 heteroatoms. The Labute approximate surface area is 138 Å². The molecule has 0 aromatic heterocycles. The standard InChI is InChI=1S/C19H27FN2O/c1-15-7-6-12-22(13-15)19(2,3)14-21-18(23)11-10-16-8-4-5-9-17(16)20/h4-5,8-11,15H,6-7,12-14H2,1-3H3,(H,21,23)/b11-10-/t15-/m1/s1. The zero-order chi connectivity index (χ0) is 16.9. The first-order valence-electron chi connectivity index (χ1n) is 8.34. The van der Waals surface area contributed by atoms with Crippen LogP contribution in [0.15, 0.2) is 30.3 Å². The van der Waals surface area contributed by atoms with Crippen molar-refractivity contribution < 1.29 is 9.18 Å². The van der Waals surface area contributed by atoms with Gasteiger partial charge in [-0.2, -0.15) is 0 Å². The molecule has 0 bridgehead atoms. The third kappa shape index (κ3) is 5.17. The lowest BCUT2D eigenvalue weighted by atomic mass is 9.93. The fraction of sp³-hybridized carbons (Fsp3) is 0.526. The zero-order valence-electron chi connectivity index (χ0n) is 14.3. The number of rotatable bonds is 5. The third-order valence-electron chi connectivity index (χ3n) is 4.53. The number of nitrogens with zero attached hydrogens (tertiary/aromatic N) is 1. The summed E-state index contributed by atoms with van der Waals surface area (Å²) in [7, 11) is 0. The molecule has 0 unspecified atom stereocenters. The highest BCUT2D eigenvalue weighted by molar-refractivity contribution is 5.91. The lowest BCUT2D eigenvalue weighted by Crippen LogP contribution is -2.54. The molecule has 1 aromatic rings. The normalized spacial score (nSPS) is 19.9. The molecule has 2 rings (SSSR count). The second-order valence-electron chi connectivity index (χ2n) is 7.08. The summed E-state index contributed by atoms with van der Waals surface area (Å²) in [5.74, 6) is 0.199. The Kier molecular flexibility index (Phi) is 5.94. The quantitative estimate of drug-likeness (QED) is 0.843. The number of hydrogen-bond donors (Lipinski definition) is 1. The topological polar surface area (TPSA) is 32.3 Å². The van der Waals surface area contributed by atoms with E-state index in [1.807, 2.05) is 0 Å². The molecule has 1 aromatic carbocycles. The summed E-state index contributed by atoms with van der Waals surface area (Å²) >= 11 is 0. The monoisotopic (exact) mass is 318 g/mol. The van der Waals surface area contributed by atoms with Crippen LogP contribution in [0.1, 0.15) is 39.2 Å². The van der Waals surface area contributed by atoms with Crippen molar-refractivity contribution in [2.75, 3.05) is 19.6 Å². The fourth-order valence-corrected chi connectivity index (χ4v) is 2.99. The number of benzene rings is 1. The SMILES string of the molecule is C[C@@H]1CCCN(C(C)(C)CNC(=O)/C=C\c2ccccc2F)C1. The molecule has 0 aliphatic carbocycles. The number of amides is 1. The van der Waals surface area contributed by atoms with E-state index in [2.05, 4.69) is 31.0 Å². The van der Waals surface area contributed by atoms with Gasteiger partial charge < -0.3 is 5.32 Å². The van der Waals surface area contributed by atoms with Gasteiger partial charge >= 0.3 is 0 Å². The summed E-state index contributed by atoms with van der Waals surface area (Å²) in [5, 5.41) is 2.93. The van der Waals surface area contributed by atoms with Crippen LogP contribution < -0.4 is 5.32 Å². The maximum Gasteiger partial charge on any atom is 0.244 e. The summed E-state index contributed by atoms with van der Waals surface area (Å²) in [6.45, 7) is 9.34. The van der Waals surface area contributed by atoms with Crippen molar-refractivity contribution in [2.45, 2.75) is 39.2 Å². The first-order chi connectivity index (χ1) is 10.9. The maximum absolute atomic E-state index is 13.5. The second-order valence-corrected chi connectivity index (χ2v) is 7.08. The minimum absolute atomic E-state index is 0.0732. The van der Waals surface area contributed by atoms with Crippen LogP contribution in [0.4, 0.5) is 4.39 Å². The van der Waals surface area contributed by atoms with Gasteiger partial charge in [0, 0.05) is 30.3 Å². The lowest BCUT2D eigenvalue weighted by Gasteiger charge is -2.43. The van der Waals surface area contributed by atoms with Gasteiger partial charge in [-0.1, -0.05) is 25.1 Å². The highest BCUT2D eigenvalue weighted by Gasteiger charge is 2.30. The van der Waals surface area contributed by atoms with E-state index in [-0.39, 0.29) is 17.3 Å². The minimum Gasteiger partial charge on any atom is -0.351 e. The number of hydrogen-bond acceptors (Lipinski definition) is 2. The van der Waals surface area contributed by atoms with Gasteiger partial charge in [0.1, 0.15) is 5.82 Å². The Balaban J connectivity index is 1.87. The lowest BCUT2D eigenvalue weighted by molar-refractivity contribution is -0.117. The zero-order valence-corrected chi connectivity index (χ0v) is 14.3. The third-order valence-corrected chi connectivity index (χ3v) is 4.53. The van der Waals surface area contributed by atoms with Crippen LogP contribution >= 0.6 is 0 Å². The molecule has 1 aliphatic heterocycles. The van der Waals surface area contributed by atoms with Gasteiger partial charge in [0.25, 0.3) is 0 Å². The van der Waals surface area contributed by atoms with Gasteiger partial charge in [0.15, 0.2) is 0 Å². The van der Waals surface area contributed by atoms with Crippen LogP contribution in [0.3, 0.4) is 0 Å². The molecule has 0 saturated carbocycles. The Morgan fingerprint density at radius 1 is 1.43 bits per heavy atom. The Bertz CT molecular complexity index is 568. The van der Waals surface area contributed by atoms with Gasteiger partial charge in [-0.15, -0.1) is 0 Å². The van der Waals surface area contributed by atoms with E-state index in [4.69, 9.17) is 0 Å². The molecular weight excluding hydrogens is 291 g/mol. The van der Waals surface area contributed by atoms with E-state index in [1.54, 1.807) is 18.2 Å². The van der Waals surface area contributed by atoms with Crippen LogP contribution in [0.25, 0.3) is 6.08 Å². The van der Waals surface area contributed by atoms with Gasteiger partial charge in [0.2, 0.25) is 5.91 Å². The van der Waals surface area contributed by atoms with E-state index in [0.29, 0.717) is 18.0 Å².